The van der Waals surface area contributed by atoms with E-state index in [9.17, 15) is 9.59 Å². The van der Waals surface area contributed by atoms with E-state index < -0.39 is 0 Å². The first-order valence-corrected chi connectivity index (χ1v) is 9.62. The van der Waals surface area contributed by atoms with E-state index in [2.05, 4.69) is 21.2 Å². The van der Waals surface area contributed by atoms with Crippen molar-refractivity contribution < 1.29 is 14.3 Å². The van der Waals surface area contributed by atoms with Crippen molar-refractivity contribution in [1.29, 1.82) is 0 Å². The van der Waals surface area contributed by atoms with Gasteiger partial charge >= 0.3 is 0 Å². The number of ether oxygens (including phenoxy) is 1. The van der Waals surface area contributed by atoms with Gasteiger partial charge in [0.25, 0.3) is 11.8 Å². The smallest absolute Gasteiger partial charge is 0.270 e. The number of hydrogen-bond acceptors (Lipinski definition) is 3. The Morgan fingerprint density at radius 2 is 1.74 bits per heavy atom. The van der Waals surface area contributed by atoms with E-state index in [0.717, 1.165) is 5.56 Å². The van der Waals surface area contributed by atoms with Gasteiger partial charge in [-0.2, -0.15) is 0 Å². The van der Waals surface area contributed by atoms with Gasteiger partial charge in [0, 0.05) is 22.6 Å². The van der Waals surface area contributed by atoms with Crippen LogP contribution in [0.2, 0.25) is 5.02 Å². The number of carbonyl (C=O) groups is 2. The Balaban J connectivity index is 1.89. The van der Waals surface area contributed by atoms with Gasteiger partial charge in [0.15, 0.2) is 0 Å². The van der Waals surface area contributed by atoms with Crippen LogP contribution in [-0.4, -0.2) is 43.0 Å². The summed E-state index contributed by atoms with van der Waals surface area (Å²) in [6.07, 6.45) is 1.66. The minimum atomic E-state index is -0.357. The molecule has 0 aliphatic carbocycles. The van der Waals surface area contributed by atoms with Crippen LogP contribution in [-0.2, 0) is 9.53 Å². The number of amides is 2. The first kappa shape index (κ1) is 19.6. The summed E-state index contributed by atoms with van der Waals surface area (Å²) in [5.41, 5.74) is 1.43. The van der Waals surface area contributed by atoms with Gasteiger partial charge < -0.3 is 15.0 Å². The number of benzene rings is 2. The highest BCUT2D eigenvalue weighted by molar-refractivity contribution is 9.10. The summed E-state index contributed by atoms with van der Waals surface area (Å²) in [5.74, 6) is -0.599. The summed E-state index contributed by atoms with van der Waals surface area (Å²) in [5, 5.41) is 3.36. The Kier molecular flexibility index (Phi) is 6.66. The van der Waals surface area contributed by atoms with Crippen molar-refractivity contribution in [2.45, 2.75) is 0 Å². The number of carbonyl (C=O) groups excluding carboxylic acids is 2. The zero-order chi connectivity index (χ0) is 19.2. The molecule has 0 aromatic heterocycles. The summed E-state index contributed by atoms with van der Waals surface area (Å²) in [6, 6.07) is 14.1. The van der Waals surface area contributed by atoms with Gasteiger partial charge in [-0.25, -0.2) is 0 Å². The summed E-state index contributed by atoms with van der Waals surface area (Å²) < 4.78 is 5.97. The lowest BCUT2D eigenvalue weighted by Crippen LogP contribution is -2.44. The molecule has 0 unspecified atom stereocenters. The number of morpholine rings is 1. The van der Waals surface area contributed by atoms with Crippen LogP contribution in [0.5, 0.6) is 0 Å². The second-order valence-electron chi connectivity index (χ2n) is 5.95. The van der Waals surface area contributed by atoms with Gasteiger partial charge in [-0.05, 0) is 51.8 Å². The van der Waals surface area contributed by atoms with Crippen molar-refractivity contribution in [1.82, 2.24) is 10.2 Å². The standard InChI is InChI=1S/C20H18BrClN2O3/c21-17-4-2-1-3-16(17)19(25)23-18(13-14-5-7-15(22)8-6-14)20(26)24-9-11-27-12-10-24/h1-8,13H,9-12H2,(H,23,25). The molecule has 2 aromatic rings. The zero-order valence-corrected chi connectivity index (χ0v) is 16.8. The third-order valence-corrected chi connectivity index (χ3v) is 5.02. The van der Waals surface area contributed by atoms with Crippen LogP contribution in [0.3, 0.4) is 0 Å². The fraction of sp³-hybridized carbons (Fsp3) is 0.200. The maximum absolute atomic E-state index is 13.0. The highest BCUT2D eigenvalue weighted by Crippen LogP contribution is 2.18. The van der Waals surface area contributed by atoms with Crippen LogP contribution < -0.4 is 5.32 Å². The third-order valence-electron chi connectivity index (χ3n) is 4.08. The summed E-state index contributed by atoms with van der Waals surface area (Å²) in [6.45, 7) is 1.94. The summed E-state index contributed by atoms with van der Waals surface area (Å²) in [7, 11) is 0. The highest BCUT2D eigenvalue weighted by atomic mass is 79.9. The van der Waals surface area contributed by atoms with Gasteiger partial charge in [-0.3, -0.25) is 9.59 Å². The van der Waals surface area contributed by atoms with Crippen LogP contribution in [0.1, 0.15) is 15.9 Å². The van der Waals surface area contributed by atoms with Crippen molar-refractivity contribution in [2.75, 3.05) is 26.3 Å². The third kappa shape index (κ3) is 5.19. The van der Waals surface area contributed by atoms with Crippen LogP contribution >= 0.6 is 27.5 Å². The van der Waals surface area contributed by atoms with Crippen molar-refractivity contribution >= 4 is 45.4 Å². The minimum Gasteiger partial charge on any atom is -0.378 e. The molecule has 1 aliphatic rings. The van der Waals surface area contributed by atoms with Crippen LogP contribution in [0.4, 0.5) is 0 Å². The molecule has 0 radical (unpaired) electrons. The van der Waals surface area contributed by atoms with Gasteiger partial charge in [0.2, 0.25) is 0 Å². The molecule has 0 spiro atoms. The minimum absolute atomic E-state index is 0.208. The molecule has 1 N–H and O–H groups in total. The number of halogens is 2. The molecule has 5 nitrogen and oxygen atoms in total. The molecule has 140 valence electrons. The molecule has 27 heavy (non-hydrogen) atoms. The van der Waals surface area contributed by atoms with Crippen LogP contribution in [0.25, 0.3) is 6.08 Å². The van der Waals surface area contributed by atoms with Crippen molar-refractivity contribution in [3.05, 3.63) is 74.9 Å². The molecule has 2 aromatic carbocycles. The molecule has 3 rings (SSSR count). The van der Waals surface area contributed by atoms with E-state index in [-0.39, 0.29) is 17.5 Å². The molecule has 0 saturated carbocycles. The van der Waals surface area contributed by atoms with E-state index in [0.29, 0.717) is 41.4 Å². The van der Waals surface area contributed by atoms with E-state index >= 15 is 0 Å². The maximum atomic E-state index is 13.0. The monoisotopic (exact) mass is 448 g/mol. The first-order valence-electron chi connectivity index (χ1n) is 8.45. The van der Waals surface area contributed by atoms with Crippen LogP contribution in [0, 0.1) is 0 Å². The molecule has 1 fully saturated rings. The lowest BCUT2D eigenvalue weighted by atomic mass is 10.1. The fourth-order valence-corrected chi connectivity index (χ4v) is 3.24. The van der Waals surface area contributed by atoms with Crippen LogP contribution in [0.15, 0.2) is 58.7 Å². The molecule has 1 heterocycles. The Hall–Kier alpha value is -2.15. The topological polar surface area (TPSA) is 58.6 Å². The van der Waals surface area contributed by atoms with E-state index in [4.69, 9.17) is 16.3 Å². The lowest BCUT2D eigenvalue weighted by molar-refractivity contribution is -0.131. The molecule has 0 atom stereocenters. The first-order chi connectivity index (χ1) is 13.0. The van der Waals surface area contributed by atoms with E-state index in [1.54, 1.807) is 53.4 Å². The summed E-state index contributed by atoms with van der Waals surface area (Å²) >= 11 is 9.30. The number of nitrogens with zero attached hydrogens (tertiary/aromatic N) is 1. The van der Waals surface area contributed by atoms with Gasteiger partial charge in [0.1, 0.15) is 5.70 Å². The van der Waals surface area contributed by atoms with E-state index in [1.807, 2.05) is 6.07 Å². The van der Waals surface area contributed by atoms with Gasteiger partial charge in [-0.15, -0.1) is 0 Å². The molecular formula is C20H18BrClN2O3. The maximum Gasteiger partial charge on any atom is 0.270 e. The number of hydrogen-bond donors (Lipinski definition) is 1. The number of rotatable bonds is 4. The molecular weight excluding hydrogens is 432 g/mol. The predicted molar refractivity (Wildman–Crippen MR) is 108 cm³/mol. The Bertz CT molecular complexity index is 862. The Labute approximate surface area is 171 Å². The van der Waals surface area contributed by atoms with Crippen molar-refractivity contribution in [3.63, 3.8) is 0 Å². The molecule has 7 heteroatoms. The highest BCUT2D eigenvalue weighted by Gasteiger charge is 2.23. The van der Waals surface area contributed by atoms with E-state index in [1.165, 1.54) is 0 Å². The SMILES string of the molecule is O=C(NC(=Cc1ccc(Cl)cc1)C(=O)N1CCOCC1)c1ccccc1Br. The summed E-state index contributed by atoms with van der Waals surface area (Å²) in [4.78, 5) is 27.4. The van der Waals surface area contributed by atoms with Crippen molar-refractivity contribution in [3.8, 4) is 0 Å². The molecule has 1 aliphatic heterocycles. The Morgan fingerprint density at radius 1 is 1.07 bits per heavy atom. The lowest BCUT2D eigenvalue weighted by Gasteiger charge is -2.28. The second-order valence-corrected chi connectivity index (χ2v) is 7.24. The molecule has 1 saturated heterocycles. The van der Waals surface area contributed by atoms with Crippen molar-refractivity contribution in [2.24, 2.45) is 0 Å². The average molecular weight is 450 g/mol. The van der Waals surface area contributed by atoms with Gasteiger partial charge in [-0.1, -0.05) is 35.9 Å². The predicted octanol–water partition coefficient (Wildman–Crippen LogP) is 3.73. The zero-order valence-electron chi connectivity index (χ0n) is 14.5. The quantitative estimate of drug-likeness (QED) is 0.724. The number of nitrogens with one attached hydrogen (secondary N) is 1. The molecule has 0 bridgehead atoms. The Morgan fingerprint density at radius 3 is 2.41 bits per heavy atom. The second kappa shape index (κ2) is 9.17. The largest absolute Gasteiger partial charge is 0.378 e. The van der Waals surface area contributed by atoms with Gasteiger partial charge in [0.05, 0.1) is 18.8 Å². The molecule has 2 amide bonds. The fourth-order valence-electron chi connectivity index (χ4n) is 2.65. The average Bonchev–Trinajstić information content (AvgIpc) is 2.69. The normalized spacial score (nSPS) is 14.7.